The number of hydrogen-bond acceptors (Lipinski definition) is 6. The first kappa shape index (κ1) is 26.9. The molecule has 8 nitrogen and oxygen atoms in total. The van der Waals surface area contributed by atoms with E-state index in [0.717, 1.165) is 57.4 Å². The molecule has 172 valence electrons. The summed E-state index contributed by atoms with van der Waals surface area (Å²) in [5.41, 5.74) is 1.19. The van der Waals surface area contributed by atoms with Crippen molar-refractivity contribution in [1.82, 2.24) is 20.5 Å². The number of aliphatic imine (C=N–C) groups is 1. The van der Waals surface area contributed by atoms with Gasteiger partial charge in [0, 0.05) is 59.1 Å². The summed E-state index contributed by atoms with van der Waals surface area (Å²) in [6, 6.07) is 4.20. The third-order valence-electron chi connectivity index (χ3n) is 4.87. The molecule has 0 aromatic carbocycles. The number of halogens is 1. The molecule has 1 aromatic rings. The number of nitrogens with zero attached hydrogens (tertiary/aromatic N) is 4. The first-order valence-corrected chi connectivity index (χ1v) is 10.7. The largest absolute Gasteiger partial charge is 0.379 e. The number of unbranched alkanes of at least 4 members (excludes halogenated alkanes) is 1. The summed E-state index contributed by atoms with van der Waals surface area (Å²) in [5.74, 6) is 1.82. The van der Waals surface area contributed by atoms with E-state index >= 15 is 0 Å². The molecule has 0 aliphatic carbocycles. The third-order valence-corrected chi connectivity index (χ3v) is 4.87. The molecule has 1 saturated heterocycles. The molecule has 1 aliphatic rings. The Morgan fingerprint density at radius 3 is 2.53 bits per heavy atom. The Hall–Kier alpha value is -1.17. The SMILES string of the molecule is CCCCOCCOCCNC(=NC)NCc1ccnc(N2CCN(C)CC2)c1.I. The molecule has 1 fully saturated rings. The highest BCUT2D eigenvalue weighted by molar-refractivity contribution is 14.0. The Morgan fingerprint density at radius 1 is 1.10 bits per heavy atom. The van der Waals surface area contributed by atoms with Gasteiger partial charge >= 0.3 is 0 Å². The van der Waals surface area contributed by atoms with Crippen LogP contribution in [0.2, 0.25) is 0 Å². The fraction of sp³-hybridized carbons (Fsp3) is 0.714. The van der Waals surface area contributed by atoms with Crippen molar-refractivity contribution in [2.75, 3.05) is 78.1 Å². The van der Waals surface area contributed by atoms with E-state index in [0.29, 0.717) is 32.9 Å². The summed E-state index contributed by atoms with van der Waals surface area (Å²) < 4.78 is 11.1. The maximum Gasteiger partial charge on any atom is 0.191 e. The zero-order chi connectivity index (χ0) is 20.7. The number of likely N-dealkylation sites (N-methyl/N-ethyl adjacent to an activating group) is 1. The molecule has 9 heteroatoms. The van der Waals surface area contributed by atoms with Crippen LogP contribution in [0.3, 0.4) is 0 Å². The molecule has 0 saturated carbocycles. The van der Waals surface area contributed by atoms with Crippen LogP contribution >= 0.6 is 24.0 Å². The van der Waals surface area contributed by atoms with Gasteiger partial charge in [-0.15, -0.1) is 24.0 Å². The molecule has 1 aliphatic heterocycles. The van der Waals surface area contributed by atoms with E-state index in [1.54, 1.807) is 7.05 Å². The van der Waals surface area contributed by atoms with E-state index in [4.69, 9.17) is 9.47 Å². The fourth-order valence-corrected chi connectivity index (χ4v) is 3.00. The number of nitrogens with one attached hydrogen (secondary N) is 2. The summed E-state index contributed by atoms with van der Waals surface area (Å²) >= 11 is 0. The minimum Gasteiger partial charge on any atom is -0.379 e. The zero-order valence-corrected chi connectivity index (χ0v) is 21.1. The van der Waals surface area contributed by atoms with Crippen molar-refractivity contribution < 1.29 is 9.47 Å². The number of rotatable bonds is 12. The number of ether oxygens (including phenoxy) is 2. The number of guanidine groups is 1. The first-order chi connectivity index (χ1) is 14.2. The maximum absolute atomic E-state index is 5.57. The van der Waals surface area contributed by atoms with Crippen molar-refractivity contribution in [3.05, 3.63) is 23.9 Å². The van der Waals surface area contributed by atoms with Crippen LogP contribution in [0.1, 0.15) is 25.3 Å². The predicted octanol–water partition coefficient (Wildman–Crippen LogP) is 1.95. The molecule has 2 rings (SSSR count). The van der Waals surface area contributed by atoms with Crippen molar-refractivity contribution in [3.63, 3.8) is 0 Å². The van der Waals surface area contributed by atoms with E-state index in [-0.39, 0.29) is 24.0 Å². The molecule has 0 amide bonds. The molecule has 0 spiro atoms. The van der Waals surface area contributed by atoms with Gasteiger partial charge in [-0.25, -0.2) is 4.98 Å². The second-order valence-corrected chi connectivity index (χ2v) is 7.24. The lowest BCUT2D eigenvalue weighted by molar-refractivity contribution is 0.0487. The van der Waals surface area contributed by atoms with Crippen LogP contribution in [0.4, 0.5) is 5.82 Å². The molecule has 0 atom stereocenters. The topological polar surface area (TPSA) is 74.2 Å². The molecule has 0 bridgehead atoms. The van der Waals surface area contributed by atoms with Crippen LogP contribution in [-0.4, -0.2) is 89.1 Å². The third kappa shape index (κ3) is 10.7. The molecular formula is C21H39IN6O2. The Morgan fingerprint density at radius 2 is 1.83 bits per heavy atom. The Kier molecular flexibility index (Phi) is 14.8. The highest BCUT2D eigenvalue weighted by atomic mass is 127. The lowest BCUT2D eigenvalue weighted by atomic mass is 10.2. The van der Waals surface area contributed by atoms with E-state index in [1.165, 1.54) is 5.56 Å². The van der Waals surface area contributed by atoms with E-state index in [9.17, 15) is 0 Å². The second kappa shape index (κ2) is 16.5. The number of hydrogen-bond donors (Lipinski definition) is 2. The van der Waals surface area contributed by atoms with Crippen molar-refractivity contribution in [3.8, 4) is 0 Å². The summed E-state index contributed by atoms with van der Waals surface area (Å²) in [6.45, 7) is 10.5. The molecule has 2 N–H and O–H groups in total. The lowest BCUT2D eigenvalue weighted by Gasteiger charge is -2.33. The van der Waals surface area contributed by atoms with Gasteiger partial charge in [-0.05, 0) is 31.2 Å². The van der Waals surface area contributed by atoms with Crippen LogP contribution < -0.4 is 15.5 Å². The Balaban J connectivity index is 0.00000450. The molecule has 0 radical (unpaired) electrons. The summed E-state index contributed by atoms with van der Waals surface area (Å²) in [6.07, 6.45) is 4.16. The van der Waals surface area contributed by atoms with Gasteiger partial charge in [0.1, 0.15) is 5.82 Å². The maximum atomic E-state index is 5.57. The van der Waals surface area contributed by atoms with E-state index in [1.807, 2.05) is 12.3 Å². The van der Waals surface area contributed by atoms with Crippen LogP contribution in [0.15, 0.2) is 23.3 Å². The van der Waals surface area contributed by atoms with Crippen molar-refractivity contribution in [1.29, 1.82) is 0 Å². The Labute approximate surface area is 198 Å². The molecule has 1 aromatic heterocycles. The number of anilines is 1. The van der Waals surface area contributed by atoms with Crippen LogP contribution in [0.5, 0.6) is 0 Å². The van der Waals surface area contributed by atoms with Gasteiger partial charge in [-0.2, -0.15) is 0 Å². The van der Waals surface area contributed by atoms with Gasteiger partial charge < -0.3 is 29.9 Å². The smallest absolute Gasteiger partial charge is 0.191 e. The minimum absolute atomic E-state index is 0. The van der Waals surface area contributed by atoms with Crippen LogP contribution in [0.25, 0.3) is 0 Å². The van der Waals surface area contributed by atoms with Gasteiger partial charge in [0.15, 0.2) is 5.96 Å². The molecular weight excluding hydrogens is 495 g/mol. The first-order valence-electron chi connectivity index (χ1n) is 10.7. The second-order valence-electron chi connectivity index (χ2n) is 7.24. The summed E-state index contributed by atoms with van der Waals surface area (Å²) in [5, 5.41) is 6.63. The molecule has 30 heavy (non-hydrogen) atoms. The standard InChI is InChI=1S/C21H38N6O2.HI/c1-4-5-13-28-15-16-29-14-8-24-21(22-2)25-18-19-6-7-23-20(17-19)27-11-9-26(3)10-12-27;/h6-7,17H,4-5,8-16,18H2,1-3H3,(H2,22,24,25);1H. The number of piperazine rings is 1. The van der Waals surface area contributed by atoms with Gasteiger partial charge in [0.05, 0.1) is 19.8 Å². The van der Waals surface area contributed by atoms with Gasteiger partial charge in [-0.1, -0.05) is 13.3 Å². The average Bonchev–Trinajstić information content (AvgIpc) is 2.75. The number of aromatic nitrogens is 1. The van der Waals surface area contributed by atoms with E-state index in [2.05, 4.69) is 50.4 Å². The summed E-state index contributed by atoms with van der Waals surface area (Å²) in [7, 11) is 3.94. The van der Waals surface area contributed by atoms with Crippen molar-refractivity contribution in [2.45, 2.75) is 26.3 Å². The van der Waals surface area contributed by atoms with E-state index < -0.39 is 0 Å². The van der Waals surface area contributed by atoms with Gasteiger partial charge in [0.25, 0.3) is 0 Å². The van der Waals surface area contributed by atoms with Crippen molar-refractivity contribution in [2.24, 2.45) is 4.99 Å². The lowest BCUT2D eigenvalue weighted by Crippen LogP contribution is -2.44. The number of pyridine rings is 1. The summed E-state index contributed by atoms with van der Waals surface area (Å²) in [4.78, 5) is 13.5. The molecule has 0 unspecified atom stereocenters. The monoisotopic (exact) mass is 534 g/mol. The van der Waals surface area contributed by atoms with Gasteiger partial charge in [0.2, 0.25) is 0 Å². The fourth-order valence-electron chi connectivity index (χ4n) is 3.00. The van der Waals surface area contributed by atoms with Gasteiger partial charge in [-0.3, -0.25) is 4.99 Å². The normalized spacial score (nSPS) is 15.0. The van der Waals surface area contributed by atoms with Crippen molar-refractivity contribution >= 4 is 35.8 Å². The Bertz CT molecular complexity index is 597. The predicted molar refractivity (Wildman–Crippen MR) is 134 cm³/mol. The highest BCUT2D eigenvalue weighted by Crippen LogP contribution is 2.14. The molecule has 2 heterocycles. The minimum atomic E-state index is 0. The highest BCUT2D eigenvalue weighted by Gasteiger charge is 2.15. The zero-order valence-electron chi connectivity index (χ0n) is 18.7. The van der Waals surface area contributed by atoms with Crippen LogP contribution in [0, 0.1) is 0 Å². The average molecular weight is 534 g/mol. The quantitative estimate of drug-likeness (QED) is 0.184. The van der Waals surface area contributed by atoms with Crippen LogP contribution in [-0.2, 0) is 16.0 Å².